The van der Waals surface area contributed by atoms with E-state index in [1.807, 2.05) is 37.3 Å². The van der Waals surface area contributed by atoms with Crippen molar-refractivity contribution in [3.05, 3.63) is 41.6 Å². The van der Waals surface area contributed by atoms with Crippen LogP contribution in [0.5, 0.6) is 0 Å². The third-order valence-corrected chi connectivity index (χ3v) is 5.66. The molecule has 2 rings (SSSR count). The predicted octanol–water partition coefficient (Wildman–Crippen LogP) is 4.78. The lowest BCUT2D eigenvalue weighted by Crippen LogP contribution is -2.39. The molecule has 2 amide bonds. The molecule has 35 heavy (non-hydrogen) atoms. The van der Waals surface area contributed by atoms with Crippen LogP contribution in [0.3, 0.4) is 0 Å². The number of aryl methyl sites for hydroxylation is 1. The minimum atomic E-state index is -0.407. The molecule has 0 aliphatic rings. The van der Waals surface area contributed by atoms with E-state index in [2.05, 4.69) is 33.0 Å². The molecule has 0 aliphatic carbocycles. The fourth-order valence-electron chi connectivity index (χ4n) is 3.62. The van der Waals surface area contributed by atoms with E-state index in [9.17, 15) is 14.4 Å². The Morgan fingerprint density at radius 1 is 1.09 bits per heavy atom. The summed E-state index contributed by atoms with van der Waals surface area (Å²) in [6, 6.07) is 9.73. The van der Waals surface area contributed by atoms with E-state index in [1.54, 1.807) is 11.6 Å². The van der Waals surface area contributed by atoms with Crippen molar-refractivity contribution in [2.75, 3.05) is 25.0 Å². The summed E-state index contributed by atoms with van der Waals surface area (Å²) in [4.78, 5) is 39.1. The lowest BCUT2D eigenvalue weighted by atomic mass is 9.92. The maximum atomic E-state index is 13.1. The van der Waals surface area contributed by atoms with E-state index < -0.39 is 5.97 Å². The van der Waals surface area contributed by atoms with Crippen LogP contribution >= 0.6 is 0 Å². The molecule has 8 nitrogen and oxygen atoms in total. The van der Waals surface area contributed by atoms with E-state index in [0.717, 1.165) is 36.2 Å². The van der Waals surface area contributed by atoms with Crippen LogP contribution in [-0.4, -0.2) is 52.2 Å². The zero-order valence-electron chi connectivity index (χ0n) is 22.0. The quantitative estimate of drug-likeness (QED) is 0.346. The number of hydrogen-bond donors (Lipinski definition) is 1. The Bertz CT molecular complexity index is 1010. The van der Waals surface area contributed by atoms with Crippen LogP contribution in [0.15, 0.2) is 30.3 Å². The van der Waals surface area contributed by atoms with E-state index >= 15 is 0 Å². The molecule has 0 saturated carbocycles. The van der Waals surface area contributed by atoms with Crippen molar-refractivity contribution >= 4 is 23.6 Å². The Labute approximate surface area is 209 Å². The van der Waals surface area contributed by atoms with Crippen molar-refractivity contribution in [3.63, 3.8) is 0 Å². The molecule has 1 N–H and O–H groups in total. The lowest BCUT2D eigenvalue weighted by molar-refractivity contribution is -0.145. The third-order valence-electron chi connectivity index (χ3n) is 5.66. The van der Waals surface area contributed by atoms with Gasteiger partial charge in [-0.15, -0.1) is 0 Å². The highest BCUT2D eigenvalue weighted by atomic mass is 16.5. The number of rotatable bonds is 12. The summed E-state index contributed by atoms with van der Waals surface area (Å²) in [5.41, 5.74) is 2.55. The zero-order valence-corrected chi connectivity index (χ0v) is 22.0. The number of nitrogens with one attached hydrogen (secondary N) is 1. The van der Waals surface area contributed by atoms with Gasteiger partial charge in [-0.2, -0.15) is 5.10 Å². The van der Waals surface area contributed by atoms with Crippen molar-refractivity contribution < 1.29 is 19.1 Å². The first-order valence-corrected chi connectivity index (χ1v) is 12.5. The standard InChI is InChI=1S/C27H40N4O4/c1-7-9-12-17-30(25(33)15-16-26(34)35-8-2)19-24(32)28-23-18-22(27(4,5)6)29-31(23)21-14-11-10-13-20(21)3/h10-11,13-14,18H,7-9,12,15-17,19H2,1-6H3,(H,28,32). The van der Waals surface area contributed by atoms with E-state index in [4.69, 9.17) is 9.84 Å². The molecule has 1 aromatic carbocycles. The minimum Gasteiger partial charge on any atom is -0.466 e. The number of amides is 2. The molecule has 0 bridgehead atoms. The number of anilines is 1. The van der Waals surface area contributed by atoms with Crippen LogP contribution in [0.1, 0.15) is 78.0 Å². The summed E-state index contributed by atoms with van der Waals surface area (Å²) >= 11 is 0. The van der Waals surface area contributed by atoms with Crippen molar-refractivity contribution in [2.24, 2.45) is 0 Å². The molecule has 1 heterocycles. The van der Waals surface area contributed by atoms with Crippen LogP contribution in [0.4, 0.5) is 5.82 Å². The molecule has 1 aromatic heterocycles. The number of carbonyl (C=O) groups excluding carboxylic acids is 3. The van der Waals surface area contributed by atoms with Gasteiger partial charge in [-0.25, -0.2) is 4.68 Å². The summed E-state index contributed by atoms with van der Waals surface area (Å²) < 4.78 is 6.67. The van der Waals surface area contributed by atoms with Gasteiger partial charge in [0, 0.05) is 24.4 Å². The number of para-hydroxylation sites is 1. The number of esters is 1. The van der Waals surface area contributed by atoms with Gasteiger partial charge in [0.2, 0.25) is 11.8 Å². The number of ether oxygens (including phenoxy) is 1. The number of unbranched alkanes of at least 4 members (excludes halogenated alkanes) is 2. The van der Waals surface area contributed by atoms with Crippen molar-refractivity contribution in [2.45, 2.75) is 79.1 Å². The number of carbonyl (C=O) groups is 3. The molecule has 0 saturated heterocycles. The largest absolute Gasteiger partial charge is 0.466 e. The van der Waals surface area contributed by atoms with Crippen LogP contribution in [0, 0.1) is 6.92 Å². The summed E-state index contributed by atoms with van der Waals surface area (Å²) in [6.45, 7) is 12.7. The van der Waals surface area contributed by atoms with Crippen LogP contribution in [0.25, 0.3) is 5.69 Å². The second-order valence-electron chi connectivity index (χ2n) is 9.74. The maximum absolute atomic E-state index is 13.1. The molecule has 0 spiro atoms. The molecule has 2 aromatic rings. The third kappa shape index (κ3) is 8.53. The Balaban J connectivity index is 2.21. The highest BCUT2D eigenvalue weighted by molar-refractivity contribution is 5.94. The Kier molecular flexibility index (Phi) is 10.5. The van der Waals surface area contributed by atoms with Crippen LogP contribution < -0.4 is 5.32 Å². The Hall–Kier alpha value is -3.16. The normalized spacial score (nSPS) is 11.3. The van der Waals surface area contributed by atoms with Gasteiger partial charge in [0.15, 0.2) is 0 Å². The number of hydrogen-bond acceptors (Lipinski definition) is 5. The smallest absolute Gasteiger partial charge is 0.306 e. The lowest BCUT2D eigenvalue weighted by Gasteiger charge is -2.22. The SMILES string of the molecule is CCCCCN(CC(=O)Nc1cc(C(C)(C)C)nn1-c1ccccc1C)C(=O)CCC(=O)OCC. The maximum Gasteiger partial charge on any atom is 0.306 e. The Morgan fingerprint density at radius 2 is 1.80 bits per heavy atom. The van der Waals surface area contributed by atoms with Crippen molar-refractivity contribution in [1.82, 2.24) is 14.7 Å². The first kappa shape index (κ1) is 28.1. The first-order valence-electron chi connectivity index (χ1n) is 12.5. The van der Waals surface area contributed by atoms with Gasteiger partial charge >= 0.3 is 5.97 Å². The highest BCUT2D eigenvalue weighted by Crippen LogP contribution is 2.27. The van der Waals surface area contributed by atoms with Gasteiger partial charge in [0.1, 0.15) is 5.82 Å². The first-order chi connectivity index (χ1) is 16.6. The molecule has 0 atom stereocenters. The molecular weight excluding hydrogens is 444 g/mol. The molecule has 8 heteroatoms. The second kappa shape index (κ2) is 13.1. The summed E-state index contributed by atoms with van der Waals surface area (Å²) in [5.74, 6) is -0.384. The molecule has 0 unspecified atom stereocenters. The Morgan fingerprint density at radius 3 is 2.43 bits per heavy atom. The molecule has 192 valence electrons. The number of benzene rings is 1. The number of aromatic nitrogens is 2. The minimum absolute atomic E-state index is 0.00751. The fourth-order valence-corrected chi connectivity index (χ4v) is 3.62. The molecule has 0 aliphatic heterocycles. The molecule has 0 radical (unpaired) electrons. The summed E-state index contributed by atoms with van der Waals surface area (Å²) in [5, 5.41) is 7.74. The van der Waals surface area contributed by atoms with Crippen molar-refractivity contribution in [3.8, 4) is 5.69 Å². The topological polar surface area (TPSA) is 93.5 Å². The molecular formula is C27H40N4O4. The number of nitrogens with zero attached hydrogens (tertiary/aromatic N) is 3. The fraction of sp³-hybridized carbons (Fsp3) is 0.556. The molecule has 0 fully saturated rings. The highest BCUT2D eigenvalue weighted by Gasteiger charge is 2.23. The van der Waals surface area contributed by atoms with Gasteiger partial charge < -0.3 is 15.0 Å². The van der Waals surface area contributed by atoms with Crippen LogP contribution in [-0.2, 0) is 24.5 Å². The van der Waals surface area contributed by atoms with Gasteiger partial charge in [0.25, 0.3) is 0 Å². The van der Waals surface area contributed by atoms with Crippen molar-refractivity contribution in [1.29, 1.82) is 0 Å². The van der Waals surface area contributed by atoms with Crippen LogP contribution in [0.2, 0.25) is 0 Å². The average Bonchev–Trinajstić information content (AvgIpc) is 3.21. The van der Waals surface area contributed by atoms with E-state index in [0.29, 0.717) is 12.4 Å². The van der Waals surface area contributed by atoms with E-state index in [1.165, 1.54) is 4.90 Å². The second-order valence-corrected chi connectivity index (χ2v) is 9.74. The summed E-state index contributed by atoms with van der Waals surface area (Å²) in [6.07, 6.45) is 2.78. The monoisotopic (exact) mass is 484 g/mol. The zero-order chi connectivity index (χ0) is 26.0. The van der Waals surface area contributed by atoms with Gasteiger partial charge in [-0.1, -0.05) is 58.7 Å². The van der Waals surface area contributed by atoms with Gasteiger partial charge in [-0.3, -0.25) is 14.4 Å². The van der Waals surface area contributed by atoms with Gasteiger partial charge in [-0.05, 0) is 31.9 Å². The van der Waals surface area contributed by atoms with E-state index in [-0.39, 0.29) is 43.2 Å². The summed E-state index contributed by atoms with van der Waals surface area (Å²) in [7, 11) is 0. The average molecular weight is 485 g/mol. The van der Waals surface area contributed by atoms with Gasteiger partial charge in [0.05, 0.1) is 31.0 Å². The predicted molar refractivity (Wildman–Crippen MR) is 138 cm³/mol.